The summed E-state index contributed by atoms with van der Waals surface area (Å²) < 4.78 is 32.5. The van der Waals surface area contributed by atoms with E-state index >= 15 is 0 Å². The second kappa shape index (κ2) is 5.54. The maximum Gasteiger partial charge on any atom is 0.314 e. The molecular weight excluding hydrogens is 282 g/mol. The van der Waals surface area contributed by atoms with Crippen LogP contribution in [0.2, 0.25) is 0 Å². The van der Waals surface area contributed by atoms with Crippen molar-refractivity contribution >= 4 is 5.69 Å². The minimum atomic E-state index is -1.11. The number of rotatable bonds is 3. The van der Waals surface area contributed by atoms with E-state index in [9.17, 15) is 18.9 Å². The molecule has 0 N–H and O–H groups in total. The number of para-hydroxylation sites is 1. The van der Waals surface area contributed by atoms with Crippen molar-refractivity contribution in [3.8, 4) is 17.6 Å². The van der Waals surface area contributed by atoms with Crippen molar-refractivity contribution in [3.05, 3.63) is 63.2 Å². The van der Waals surface area contributed by atoms with Crippen LogP contribution in [0.1, 0.15) is 11.1 Å². The summed E-state index contributed by atoms with van der Waals surface area (Å²) in [5, 5.41) is 19.6. The summed E-state index contributed by atoms with van der Waals surface area (Å²) in [6, 6.07) is 7.37. The summed E-state index contributed by atoms with van der Waals surface area (Å²) in [4.78, 5) is 10.3. The Hall–Kier alpha value is -3.01. The summed E-state index contributed by atoms with van der Waals surface area (Å²) in [6.45, 7) is 1.48. The maximum atomic E-state index is 13.7. The Kier molecular flexibility index (Phi) is 3.80. The first-order valence-corrected chi connectivity index (χ1v) is 5.75. The van der Waals surface area contributed by atoms with Crippen LogP contribution in [-0.4, -0.2) is 4.92 Å². The molecule has 0 amide bonds. The molecule has 2 aromatic rings. The van der Waals surface area contributed by atoms with Crippen molar-refractivity contribution in [2.24, 2.45) is 0 Å². The number of nitro benzene ring substituents is 1. The molecule has 7 heteroatoms. The Morgan fingerprint density at radius 2 is 1.90 bits per heavy atom. The van der Waals surface area contributed by atoms with Crippen molar-refractivity contribution in [3.63, 3.8) is 0 Å². The number of nitriles is 1. The van der Waals surface area contributed by atoms with Gasteiger partial charge in [0.05, 0.1) is 16.6 Å². The zero-order valence-electron chi connectivity index (χ0n) is 10.8. The number of nitrogens with zero attached hydrogens (tertiary/aromatic N) is 2. The average Bonchev–Trinajstić information content (AvgIpc) is 2.42. The molecule has 0 bridgehead atoms. The van der Waals surface area contributed by atoms with Gasteiger partial charge in [-0.2, -0.15) is 5.26 Å². The monoisotopic (exact) mass is 290 g/mol. The van der Waals surface area contributed by atoms with Gasteiger partial charge in [-0.25, -0.2) is 8.78 Å². The Bertz CT molecular complexity index is 746. The van der Waals surface area contributed by atoms with Crippen LogP contribution >= 0.6 is 0 Å². The molecule has 2 aromatic carbocycles. The number of ether oxygens (including phenoxy) is 1. The van der Waals surface area contributed by atoms with Gasteiger partial charge in [0.15, 0.2) is 17.4 Å². The van der Waals surface area contributed by atoms with Crippen LogP contribution in [0.3, 0.4) is 0 Å². The van der Waals surface area contributed by atoms with Gasteiger partial charge in [0, 0.05) is 5.56 Å². The smallest absolute Gasteiger partial charge is 0.314 e. The van der Waals surface area contributed by atoms with Gasteiger partial charge in [-0.1, -0.05) is 12.1 Å². The zero-order chi connectivity index (χ0) is 15.6. The van der Waals surface area contributed by atoms with Crippen LogP contribution in [0.5, 0.6) is 11.5 Å². The molecule has 5 nitrogen and oxygen atoms in total. The van der Waals surface area contributed by atoms with Gasteiger partial charge < -0.3 is 4.74 Å². The minimum absolute atomic E-state index is 0.212. The molecule has 0 atom stereocenters. The van der Waals surface area contributed by atoms with Crippen molar-refractivity contribution in [1.29, 1.82) is 5.26 Å². The van der Waals surface area contributed by atoms with Gasteiger partial charge >= 0.3 is 5.69 Å². The van der Waals surface area contributed by atoms with Crippen molar-refractivity contribution in [1.82, 2.24) is 0 Å². The Labute approximate surface area is 118 Å². The van der Waals surface area contributed by atoms with E-state index in [-0.39, 0.29) is 17.0 Å². The predicted octanol–water partition coefficient (Wildman–Crippen LogP) is 3.85. The lowest BCUT2D eigenvalue weighted by molar-refractivity contribution is -0.386. The molecule has 0 spiro atoms. The lowest BCUT2D eigenvalue weighted by atomic mass is 10.2. The van der Waals surface area contributed by atoms with Gasteiger partial charge in [0.2, 0.25) is 5.75 Å². The highest BCUT2D eigenvalue weighted by Gasteiger charge is 2.22. The molecular formula is C14H8F2N2O3. The second-order valence-corrected chi connectivity index (χ2v) is 4.16. The van der Waals surface area contributed by atoms with Crippen LogP contribution < -0.4 is 4.74 Å². The zero-order valence-corrected chi connectivity index (χ0v) is 10.8. The first-order valence-electron chi connectivity index (χ1n) is 5.75. The van der Waals surface area contributed by atoms with Crippen LogP contribution in [0.15, 0.2) is 30.3 Å². The molecule has 0 unspecified atom stereocenters. The molecule has 0 aliphatic carbocycles. The van der Waals surface area contributed by atoms with E-state index in [1.807, 2.05) is 0 Å². The lowest BCUT2D eigenvalue weighted by Crippen LogP contribution is -1.99. The number of aryl methyl sites for hydroxylation is 1. The average molecular weight is 290 g/mol. The third-order valence-electron chi connectivity index (χ3n) is 2.72. The van der Waals surface area contributed by atoms with E-state index in [4.69, 9.17) is 10.00 Å². The van der Waals surface area contributed by atoms with E-state index in [1.165, 1.54) is 25.1 Å². The number of hydrogen-bond acceptors (Lipinski definition) is 4. The maximum absolute atomic E-state index is 13.7. The van der Waals surface area contributed by atoms with Crippen molar-refractivity contribution in [2.75, 3.05) is 0 Å². The van der Waals surface area contributed by atoms with Gasteiger partial charge in [-0.15, -0.1) is 0 Å². The number of halogens is 2. The fraction of sp³-hybridized carbons (Fsp3) is 0.0714. The van der Waals surface area contributed by atoms with Gasteiger partial charge in [-0.05, 0) is 25.1 Å². The van der Waals surface area contributed by atoms with Crippen LogP contribution in [-0.2, 0) is 0 Å². The third-order valence-corrected chi connectivity index (χ3v) is 2.72. The molecule has 0 heterocycles. The highest BCUT2D eigenvalue weighted by atomic mass is 19.1. The fourth-order valence-electron chi connectivity index (χ4n) is 1.78. The molecule has 2 rings (SSSR count). The minimum Gasteiger partial charge on any atom is -0.444 e. The van der Waals surface area contributed by atoms with Gasteiger partial charge in [-0.3, -0.25) is 10.1 Å². The fourth-order valence-corrected chi connectivity index (χ4v) is 1.78. The number of nitro groups is 1. The van der Waals surface area contributed by atoms with E-state index in [2.05, 4.69) is 0 Å². The first-order chi connectivity index (χ1) is 9.93. The molecule has 0 aliphatic heterocycles. The molecule has 0 radical (unpaired) electrons. The van der Waals surface area contributed by atoms with E-state index in [1.54, 1.807) is 6.07 Å². The van der Waals surface area contributed by atoms with Gasteiger partial charge in [0.25, 0.3) is 0 Å². The first kappa shape index (κ1) is 14.4. The molecule has 0 fully saturated rings. The highest BCUT2D eigenvalue weighted by Crippen LogP contribution is 2.36. The van der Waals surface area contributed by atoms with E-state index in [0.29, 0.717) is 5.56 Å². The van der Waals surface area contributed by atoms with E-state index < -0.39 is 22.3 Å². The Balaban J connectivity index is 2.52. The van der Waals surface area contributed by atoms with Crippen molar-refractivity contribution < 1.29 is 18.4 Å². The molecule has 0 aliphatic rings. The normalized spacial score (nSPS) is 10.0. The molecule has 0 saturated carbocycles. The molecule has 0 saturated heterocycles. The summed E-state index contributed by atoms with van der Waals surface area (Å²) >= 11 is 0. The van der Waals surface area contributed by atoms with Crippen LogP contribution in [0, 0.1) is 40.0 Å². The summed E-state index contributed by atoms with van der Waals surface area (Å²) in [5.41, 5.74) is -0.288. The predicted molar refractivity (Wildman–Crippen MR) is 69.0 cm³/mol. The molecule has 106 valence electrons. The largest absolute Gasteiger partial charge is 0.444 e. The topological polar surface area (TPSA) is 76.2 Å². The second-order valence-electron chi connectivity index (χ2n) is 4.16. The molecule has 0 aromatic heterocycles. The summed E-state index contributed by atoms with van der Waals surface area (Å²) in [6.07, 6.45) is 0. The number of benzene rings is 2. The SMILES string of the molecule is Cc1cccc(Oc2c(F)cc(C#N)cc2F)c1[N+](=O)[O-]. The highest BCUT2D eigenvalue weighted by molar-refractivity contribution is 5.54. The quantitative estimate of drug-likeness (QED) is 0.635. The number of hydrogen-bond donors (Lipinski definition) is 0. The molecule has 21 heavy (non-hydrogen) atoms. The Morgan fingerprint density at radius 3 is 2.43 bits per heavy atom. The van der Waals surface area contributed by atoms with Gasteiger partial charge in [0.1, 0.15) is 0 Å². The van der Waals surface area contributed by atoms with Crippen molar-refractivity contribution in [2.45, 2.75) is 6.92 Å². The van der Waals surface area contributed by atoms with E-state index in [0.717, 1.165) is 12.1 Å². The summed E-state index contributed by atoms with van der Waals surface area (Å²) in [7, 11) is 0. The summed E-state index contributed by atoms with van der Waals surface area (Å²) in [5.74, 6) is -3.28. The Morgan fingerprint density at radius 1 is 1.29 bits per heavy atom. The van der Waals surface area contributed by atoms with Crippen LogP contribution in [0.25, 0.3) is 0 Å². The standard InChI is InChI=1S/C14H8F2N2O3/c1-8-3-2-4-12(13(8)18(19)20)21-14-10(15)5-9(7-17)6-11(14)16/h2-6H,1H3. The third kappa shape index (κ3) is 2.79. The van der Waals surface area contributed by atoms with Crippen LogP contribution in [0.4, 0.5) is 14.5 Å². The lowest BCUT2D eigenvalue weighted by Gasteiger charge is -2.09.